The van der Waals surface area contributed by atoms with Crippen LogP contribution in [-0.4, -0.2) is 103 Å². The number of halogens is 3. The van der Waals surface area contributed by atoms with Gasteiger partial charge in [-0.1, -0.05) is 49.2 Å². The van der Waals surface area contributed by atoms with Gasteiger partial charge in [0.05, 0.1) is 38.1 Å². The zero-order valence-corrected chi connectivity index (χ0v) is 30.0. The van der Waals surface area contributed by atoms with Gasteiger partial charge in [0.2, 0.25) is 5.91 Å². The van der Waals surface area contributed by atoms with E-state index in [0.717, 1.165) is 31.4 Å². The molecule has 0 radical (unpaired) electrons. The van der Waals surface area contributed by atoms with E-state index in [9.17, 15) is 28.6 Å². The van der Waals surface area contributed by atoms with Gasteiger partial charge in [0.1, 0.15) is 5.75 Å². The first-order valence-corrected chi connectivity index (χ1v) is 18.0. The number of nitrogens with zero attached hydrogens (tertiary/aromatic N) is 3. The third kappa shape index (κ3) is 9.54. The second-order valence-electron chi connectivity index (χ2n) is 14.0. The van der Waals surface area contributed by atoms with Gasteiger partial charge in [0.15, 0.2) is 6.10 Å². The van der Waals surface area contributed by atoms with Crippen LogP contribution in [0.25, 0.3) is 0 Å². The Kier molecular flexibility index (Phi) is 12.8. The molecule has 1 aliphatic carbocycles. The number of alkyl halides is 2. The molecule has 0 spiro atoms. The van der Waals surface area contributed by atoms with Crippen LogP contribution in [0.15, 0.2) is 48.6 Å². The van der Waals surface area contributed by atoms with Crippen LogP contribution < -0.4 is 9.64 Å². The molecule has 2 fully saturated rings. The van der Waals surface area contributed by atoms with Gasteiger partial charge in [-0.15, -0.1) is 0 Å². The van der Waals surface area contributed by atoms with Gasteiger partial charge in [-0.2, -0.15) is 0 Å². The van der Waals surface area contributed by atoms with Crippen molar-refractivity contribution in [1.29, 1.82) is 0 Å². The summed E-state index contributed by atoms with van der Waals surface area (Å²) in [4.78, 5) is 29.0. The lowest BCUT2D eigenvalue weighted by atomic mass is 9.70. The zero-order chi connectivity index (χ0) is 36.0. The highest BCUT2D eigenvalue weighted by molar-refractivity contribution is 6.30. The number of anilines is 1. The van der Waals surface area contributed by atoms with Crippen LogP contribution in [0.5, 0.6) is 5.75 Å². The van der Waals surface area contributed by atoms with Crippen molar-refractivity contribution >= 4 is 29.2 Å². The second kappa shape index (κ2) is 16.8. The van der Waals surface area contributed by atoms with Crippen LogP contribution >= 0.6 is 11.6 Å². The topological polar surface area (TPSA) is 103 Å². The molecule has 3 aliphatic rings. The number of amides is 1. The smallest absolute Gasteiger partial charge is 0.337 e. The fraction of sp³-hybridized carbons (Fsp3) is 0.579. The van der Waals surface area contributed by atoms with Crippen molar-refractivity contribution < 1.29 is 38.1 Å². The van der Waals surface area contributed by atoms with Crippen molar-refractivity contribution in [3.05, 3.63) is 70.3 Å². The lowest BCUT2D eigenvalue weighted by Gasteiger charge is -2.44. The molecule has 2 heterocycles. The van der Waals surface area contributed by atoms with E-state index in [4.69, 9.17) is 21.1 Å². The first kappa shape index (κ1) is 38.0. The van der Waals surface area contributed by atoms with Crippen molar-refractivity contribution in [3.63, 3.8) is 0 Å². The maximum absolute atomic E-state index is 13.4. The highest BCUT2D eigenvalue weighted by Crippen LogP contribution is 2.43. The van der Waals surface area contributed by atoms with Crippen LogP contribution in [0.1, 0.15) is 68.2 Å². The number of fused-ring (bicyclic) bond motifs is 1. The van der Waals surface area contributed by atoms with Crippen molar-refractivity contribution in [2.75, 3.05) is 64.4 Å². The molecule has 12 heteroatoms. The van der Waals surface area contributed by atoms with Crippen LogP contribution in [-0.2, 0) is 20.7 Å². The highest BCUT2D eigenvalue weighted by Gasteiger charge is 2.44. The number of rotatable bonds is 16. The first-order chi connectivity index (χ1) is 23.8. The van der Waals surface area contributed by atoms with Crippen molar-refractivity contribution in [3.8, 4) is 5.75 Å². The Hall–Kier alpha value is -3.25. The Morgan fingerprint density at radius 3 is 2.64 bits per heavy atom. The Bertz CT molecular complexity index is 1520. The molecule has 9 nitrogen and oxygen atoms in total. The normalized spacial score (nSPS) is 22.9. The van der Waals surface area contributed by atoms with E-state index in [1.54, 1.807) is 35.0 Å². The molecule has 0 bridgehead atoms. The van der Waals surface area contributed by atoms with E-state index >= 15 is 0 Å². The van der Waals surface area contributed by atoms with Gasteiger partial charge in [0, 0.05) is 51.1 Å². The summed E-state index contributed by atoms with van der Waals surface area (Å²) in [5.41, 5.74) is 3.36. The maximum Gasteiger partial charge on any atom is 0.337 e. The fourth-order valence-corrected chi connectivity index (χ4v) is 7.44. The largest absolute Gasteiger partial charge is 0.491 e. The summed E-state index contributed by atoms with van der Waals surface area (Å²) >= 11 is 6.41. The summed E-state index contributed by atoms with van der Waals surface area (Å²) in [6.45, 7) is 6.21. The Balaban J connectivity index is 1.38. The van der Waals surface area contributed by atoms with Crippen LogP contribution in [0.2, 0.25) is 5.02 Å². The predicted octanol–water partition coefficient (Wildman–Crippen LogP) is 6.18. The summed E-state index contributed by atoms with van der Waals surface area (Å²) < 4.78 is 39.7. The number of carbonyl (C=O) groups excluding carboxylic acids is 1. The molecule has 2 aromatic carbocycles. The summed E-state index contributed by atoms with van der Waals surface area (Å²) in [5, 5.41) is 20.7. The van der Waals surface area contributed by atoms with Crippen LogP contribution in [0, 0.1) is 11.8 Å². The molecule has 50 heavy (non-hydrogen) atoms. The molecule has 2 aliphatic heterocycles. The van der Waals surface area contributed by atoms with E-state index in [2.05, 4.69) is 24.0 Å². The lowest BCUT2D eigenvalue weighted by Crippen LogP contribution is -2.57. The number of aryl methyl sites for hydroxylation is 1. The molecule has 2 aromatic rings. The maximum atomic E-state index is 13.4. The van der Waals surface area contributed by atoms with E-state index in [0.29, 0.717) is 56.6 Å². The Morgan fingerprint density at radius 2 is 1.98 bits per heavy atom. The predicted molar refractivity (Wildman–Crippen MR) is 189 cm³/mol. The average Bonchev–Trinajstić information content (AvgIpc) is 3.22. The van der Waals surface area contributed by atoms with Gasteiger partial charge in [-0.25, -0.2) is 13.6 Å². The minimum Gasteiger partial charge on any atom is -0.491 e. The van der Waals surface area contributed by atoms with Crippen LogP contribution in [0.3, 0.4) is 0 Å². The average molecular weight is 718 g/mol. The minimum absolute atomic E-state index is 0.00364. The van der Waals surface area contributed by atoms with Crippen molar-refractivity contribution in [1.82, 2.24) is 9.80 Å². The molecule has 274 valence electrons. The quantitative estimate of drug-likeness (QED) is 0.199. The highest BCUT2D eigenvalue weighted by atomic mass is 35.5. The van der Waals surface area contributed by atoms with Gasteiger partial charge in [-0.05, 0) is 78.5 Å². The molecule has 0 aromatic heterocycles. The third-order valence-corrected chi connectivity index (χ3v) is 10.5. The molecule has 1 saturated carbocycles. The van der Waals surface area contributed by atoms with Crippen molar-refractivity contribution in [2.24, 2.45) is 11.8 Å². The molecular weight excluding hydrogens is 668 g/mol. The summed E-state index contributed by atoms with van der Waals surface area (Å²) in [5.74, 6) is -2.93. The Labute approximate surface area is 298 Å². The number of carboxylic acid groups (broad SMARTS) is 1. The SMILES string of the molecule is CCCc1cc(Cl)ccc1C1COc2ccc(C(O)C(=O)O)cc2N(CC2CCC2C(/C=C/CCN(C)C(C)=O)OCCN2CC(F)(F)C2)C1. The van der Waals surface area contributed by atoms with Crippen LogP contribution in [0.4, 0.5) is 14.5 Å². The molecule has 2 N–H and O–H groups in total. The molecule has 5 atom stereocenters. The Morgan fingerprint density at radius 1 is 1.20 bits per heavy atom. The van der Waals surface area contributed by atoms with Crippen molar-refractivity contribution in [2.45, 2.75) is 70.0 Å². The second-order valence-corrected chi connectivity index (χ2v) is 14.5. The monoisotopic (exact) mass is 717 g/mol. The number of hydrogen-bond acceptors (Lipinski definition) is 7. The zero-order valence-electron chi connectivity index (χ0n) is 29.2. The minimum atomic E-state index is -2.63. The molecular formula is C38H50ClF2N3O6. The molecule has 1 saturated heterocycles. The number of aliphatic hydroxyl groups excluding tert-OH is 1. The molecule has 5 rings (SSSR count). The summed E-state index contributed by atoms with van der Waals surface area (Å²) in [6.07, 6.45) is 6.60. The molecule has 5 unspecified atom stereocenters. The van der Waals surface area contributed by atoms with E-state index in [1.165, 1.54) is 18.1 Å². The number of benzene rings is 2. The van der Waals surface area contributed by atoms with E-state index in [-0.39, 0.29) is 48.4 Å². The number of aliphatic hydroxyl groups is 1. The number of likely N-dealkylation sites (tertiary alicyclic amines) is 1. The van der Waals surface area contributed by atoms with E-state index < -0.39 is 18.0 Å². The number of ether oxygens (including phenoxy) is 2. The summed E-state index contributed by atoms with van der Waals surface area (Å²) in [7, 11) is 1.76. The number of aliphatic carboxylic acids is 1. The number of carbonyl (C=O) groups is 2. The molecule has 1 amide bonds. The van der Waals surface area contributed by atoms with E-state index in [1.807, 2.05) is 18.2 Å². The van der Waals surface area contributed by atoms with Gasteiger partial charge in [-0.3, -0.25) is 9.69 Å². The third-order valence-electron chi connectivity index (χ3n) is 10.3. The number of hydrogen-bond donors (Lipinski definition) is 2. The first-order valence-electron chi connectivity index (χ1n) is 17.7. The van der Waals surface area contributed by atoms with Gasteiger partial charge >= 0.3 is 5.97 Å². The number of carboxylic acids is 1. The summed E-state index contributed by atoms with van der Waals surface area (Å²) in [6, 6.07) is 11.1. The van der Waals surface area contributed by atoms with Gasteiger partial charge in [0.25, 0.3) is 5.92 Å². The lowest BCUT2D eigenvalue weighted by molar-refractivity contribution is -0.147. The standard InChI is InChI=1S/C38H50ClF2N3O6/c1-4-7-26-18-30(39)11-13-31(26)29-21-44(33-19-27(36(46)37(47)48)10-14-35(33)50-22-29)20-28-9-12-32(28)34(8-5-6-15-42(3)25(2)45)49-17-16-43-23-38(40,41)24-43/h5,8,10-11,13-14,18-19,28-29,32,34,36,46H,4,6-7,9,12,15-17,20-24H2,1-3H3,(H,47,48)/b8-5+. The van der Waals surface area contributed by atoms with Gasteiger partial charge < -0.3 is 29.5 Å². The fourth-order valence-electron chi connectivity index (χ4n) is 7.24.